The lowest BCUT2D eigenvalue weighted by Gasteiger charge is -2.03. The van der Waals surface area contributed by atoms with Crippen LogP contribution in [0.4, 0.5) is 0 Å². The van der Waals surface area contributed by atoms with Crippen LogP contribution in [0.3, 0.4) is 0 Å². The number of benzene rings is 2. The molecule has 0 saturated carbocycles. The van der Waals surface area contributed by atoms with Gasteiger partial charge in [0.05, 0.1) is 6.20 Å². The Morgan fingerprint density at radius 2 is 1.33 bits per heavy atom. The third-order valence-corrected chi connectivity index (χ3v) is 3.31. The van der Waals surface area contributed by atoms with Crippen molar-refractivity contribution < 1.29 is 4.42 Å². The van der Waals surface area contributed by atoms with Crippen molar-refractivity contribution in [2.24, 2.45) is 0 Å². The summed E-state index contributed by atoms with van der Waals surface area (Å²) in [5.74, 6) is 0.789. The summed E-state index contributed by atoms with van der Waals surface area (Å²) >= 11 is 3.44. The largest absolute Gasteiger partial charge is 0.444 e. The van der Waals surface area contributed by atoms with E-state index in [2.05, 4.69) is 45.2 Å². The predicted octanol–water partition coefficient (Wildman–Crippen LogP) is 4.77. The van der Waals surface area contributed by atoms with Gasteiger partial charge in [-0.05, 0) is 23.3 Å². The first-order valence-electron chi connectivity index (χ1n) is 5.58. The van der Waals surface area contributed by atoms with E-state index in [1.807, 2.05) is 24.3 Å². The van der Waals surface area contributed by atoms with Crippen molar-refractivity contribution in [3.05, 3.63) is 65.6 Å². The maximum absolute atomic E-state index is 5.26. The van der Waals surface area contributed by atoms with Crippen molar-refractivity contribution in [2.75, 3.05) is 0 Å². The van der Waals surface area contributed by atoms with E-state index >= 15 is 0 Å². The summed E-state index contributed by atoms with van der Waals surface area (Å²) in [4.78, 5) is 3.92. The van der Waals surface area contributed by atoms with Gasteiger partial charge in [-0.25, -0.2) is 4.98 Å². The fourth-order valence-electron chi connectivity index (χ4n) is 1.83. The Labute approximate surface area is 113 Å². The van der Waals surface area contributed by atoms with Gasteiger partial charge in [0.15, 0.2) is 12.2 Å². The summed E-state index contributed by atoms with van der Waals surface area (Å²) in [6, 6.07) is 16.5. The van der Waals surface area contributed by atoms with Crippen molar-refractivity contribution in [3.63, 3.8) is 0 Å². The van der Waals surface area contributed by atoms with E-state index in [0.717, 1.165) is 15.8 Å². The van der Waals surface area contributed by atoms with E-state index < -0.39 is 0 Å². The van der Waals surface area contributed by atoms with Gasteiger partial charge >= 0.3 is 0 Å². The molecule has 3 aromatic rings. The van der Waals surface area contributed by atoms with Crippen LogP contribution < -0.4 is 0 Å². The summed E-state index contributed by atoms with van der Waals surface area (Å²) in [6.45, 7) is 0. The monoisotopic (exact) mass is 299 g/mol. The fourth-order valence-corrected chi connectivity index (χ4v) is 2.09. The van der Waals surface area contributed by atoms with E-state index in [4.69, 9.17) is 4.42 Å². The molecule has 0 aliphatic rings. The second kappa shape index (κ2) is 4.78. The first-order chi connectivity index (χ1) is 8.83. The summed E-state index contributed by atoms with van der Waals surface area (Å²) in [5.41, 5.74) is 3.42. The molecule has 0 spiro atoms. The molecule has 3 rings (SSSR count). The molecule has 0 aliphatic heterocycles. The number of hydrogen-bond donors (Lipinski definition) is 0. The minimum atomic E-state index is 0.789. The lowest BCUT2D eigenvalue weighted by Crippen LogP contribution is -1.78. The molecule has 88 valence electrons. The molecule has 0 saturated heterocycles. The number of hydrogen-bond acceptors (Lipinski definition) is 2. The van der Waals surface area contributed by atoms with Crippen molar-refractivity contribution in [3.8, 4) is 22.5 Å². The first-order valence-corrected chi connectivity index (χ1v) is 6.37. The van der Waals surface area contributed by atoms with Crippen molar-refractivity contribution >= 4 is 15.9 Å². The topological polar surface area (TPSA) is 26.0 Å². The zero-order valence-electron chi connectivity index (χ0n) is 9.51. The van der Waals surface area contributed by atoms with E-state index in [9.17, 15) is 0 Å². The smallest absolute Gasteiger partial charge is 0.181 e. The molecule has 2 nitrogen and oxygen atoms in total. The average molecular weight is 300 g/mol. The molecule has 0 radical (unpaired) electrons. The number of rotatable bonds is 2. The molecule has 2 aromatic carbocycles. The highest BCUT2D eigenvalue weighted by Gasteiger charge is 2.02. The van der Waals surface area contributed by atoms with Crippen molar-refractivity contribution in [1.82, 2.24) is 4.98 Å². The lowest BCUT2D eigenvalue weighted by atomic mass is 10.0. The molecule has 0 unspecified atom stereocenters. The van der Waals surface area contributed by atoms with Crippen molar-refractivity contribution in [1.29, 1.82) is 0 Å². The van der Waals surface area contributed by atoms with E-state index in [1.54, 1.807) is 6.20 Å². The third kappa shape index (κ3) is 2.22. The molecule has 0 aliphatic carbocycles. The molecule has 0 fully saturated rings. The molecule has 1 heterocycles. The van der Waals surface area contributed by atoms with Crippen molar-refractivity contribution in [2.45, 2.75) is 0 Å². The lowest BCUT2D eigenvalue weighted by molar-refractivity contribution is 0.572. The summed E-state index contributed by atoms with van der Waals surface area (Å²) in [6.07, 6.45) is 3.16. The normalized spacial score (nSPS) is 10.5. The summed E-state index contributed by atoms with van der Waals surface area (Å²) in [5, 5.41) is 0. The van der Waals surface area contributed by atoms with Gasteiger partial charge in [0.2, 0.25) is 0 Å². The standard InChI is InChI=1S/C15H10BrNO/c16-14-7-5-12(6-8-14)11-1-3-13(4-2-11)15-9-17-10-18-15/h1-10H. The van der Waals surface area contributed by atoms with Crippen LogP contribution in [0, 0.1) is 0 Å². The summed E-state index contributed by atoms with van der Waals surface area (Å²) < 4.78 is 6.35. The zero-order valence-corrected chi connectivity index (χ0v) is 11.1. The first kappa shape index (κ1) is 11.2. The van der Waals surface area contributed by atoms with E-state index in [0.29, 0.717) is 0 Å². The molecule has 0 atom stereocenters. The molecule has 0 N–H and O–H groups in total. The number of halogens is 1. The second-order valence-corrected chi connectivity index (χ2v) is 4.87. The number of aromatic nitrogens is 1. The molecule has 0 amide bonds. The van der Waals surface area contributed by atoms with Gasteiger partial charge in [-0.3, -0.25) is 0 Å². The maximum atomic E-state index is 5.26. The third-order valence-electron chi connectivity index (χ3n) is 2.78. The molecule has 1 aromatic heterocycles. The highest BCUT2D eigenvalue weighted by molar-refractivity contribution is 9.10. The van der Waals surface area contributed by atoms with Crippen LogP contribution in [0.15, 0.2) is 70.0 Å². The van der Waals surface area contributed by atoms with Gasteiger partial charge in [-0.15, -0.1) is 0 Å². The Morgan fingerprint density at radius 3 is 1.89 bits per heavy atom. The Balaban J connectivity index is 1.94. The predicted molar refractivity (Wildman–Crippen MR) is 75.1 cm³/mol. The van der Waals surface area contributed by atoms with Gasteiger partial charge in [0, 0.05) is 10.0 Å². The zero-order chi connectivity index (χ0) is 12.4. The maximum Gasteiger partial charge on any atom is 0.181 e. The van der Waals surface area contributed by atoms with Crippen LogP contribution >= 0.6 is 15.9 Å². The van der Waals surface area contributed by atoms with Crippen LogP contribution in [0.1, 0.15) is 0 Å². The molecular weight excluding hydrogens is 290 g/mol. The highest BCUT2D eigenvalue weighted by Crippen LogP contribution is 2.25. The van der Waals surface area contributed by atoms with Crippen LogP contribution in [-0.2, 0) is 0 Å². The van der Waals surface area contributed by atoms with E-state index in [-0.39, 0.29) is 0 Å². The Morgan fingerprint density at radius 1 is 0.778 bits per heavy atom. The van der Waals surface area contributed by atoms with Crippen LogP contribution in [0.25, 0.3) is 22.5 Å². The Hall–Kier alpha value is -1.87. The Kier molecular flexibility index (Phi) is 2.99. The van der Waals surface area contributed by atoms with Gasteiger partial charge in [-0.2, -0.15) is 0 Å². The minimum absolute atomic E-state index is 0.789. The second-order valence-electron chi connectivity index (χ2n) is 3.95. The van der Waals surface area contributed by atoms with Crippen LogP contribution in [0.2, 0.25) is 0 Å². The fraction of sp³-hybridized carbons (Fsp3) is 0. The molecule has 3 heteroatoms. The Bertz CT molecular complexity index is 627. The molecule has 0 bridgehead atoms. The van der Waals surface area contributed by atoms with Gasteiger partial charge in [0.1, 0.15) is 0 Å². The molecular formula is C15H10BrNO. The van der Waals surface area contributed by atoms with Gasteiger partial charge < -0.3 is 4.42 Å². The quantitative estimate of drug-likeness (QED) is 0.681. The SMILES string of the molecule is Brc1ccc(-c2ccc(-c3cnco3)cc2)cc1. The number of nitrogens with zero attached hydrogens (tertiary/aromatic N) is 1. The van der Waals surface area contributed by atoms with Crippen LogP contribution in [0.5, 0.6) is 0 Å². The van der Waals surface area contributed by atoms with Crippen LogP contribution in [-0.4, -0.2) is 4.98 Å². The highest BCUT2D eigenvalue weighted by atomic mass is 79.9. The molecule has 18 heavy (non-hydrogen) atoms. The minimum Gasteiger partial charge on any atom is -0.444 e. The number of oxazole rings is 1. The van der Waals surface area contributed by atoms with Gasteiger partial charge in [0.25, 0.3) is 0 Å². The summed E-state index contributed by atoms with van der Waals surface area (Å²) in [7, 11) is 0. The van der Waals surface area contributed by atoms with Gasteiger partial charge in [-0.1, -0.05) is 52.3 Å². The van der Waals surface area contributed by atoms with E-state index in [1.165, 1.54) is 17.5 Å². The average Bonchev–Trinajstić information content (AvgIpc) is 2.94.